The highest BCUT2D eigenvalue weighted by Gasteiger charge is 2.24. The first-order chi connectivity index (χ1) is 13.3. The maximum atomic E-state index is 12.3. The molecule has 7 nitrogen and oxygen atoms in total. The fourth-order valence-corrected chi connectivity index (χ4v) is 3.75. The van der Waals surface area contributed by atoms with Gasteiger partial charge in [0.05, 0.1) is 5.92 Å². The molecular weight excluding hydrogens is 340 g/mol. The number of hydrogen-bond acceptors (Lipinski definition) is 6. The van der Waals surface area contributed by atoms with Crippen molar-refractivity contribution in [2.45, 2.75) is 13.0 Å². The summed E-state index contributed by atoms with van der Waals surface area (Å²) >= 11 is 0. The van der Waals surface area contributed by atoms with E-state index >= 15 is 0 Å². The van der Waals surface area contributed by atoms with Crippen molar-refractivity contribution in [2.24, 2.45) is 5.92 Å². The van der Waals surface area contributed by atoms with Crippen molar-refractivity contribution >= 4 is 17.5 Å². The third-order valence-corrected chi connectivity index (χ3v) is 5.30. The van der Waals surface area contributed by atoms with Gasteiger partial charge in [0.2, 0.25) is 5.91 Å². The monoisotopic (exact) mass is 366 g/mol. The van der Waals surface area contributed by atoms with Crippen LogP contribution in [0.3, 0.4) is 0 Å². The van der Waals surface area contributed by atoms with Gasteiger partial charge in [-0.3, -0.25) is 4.79 Å². The van der Waals surface area contributed by atoms with Gasteiger partial charge < -0.3 is 20.4 Å². The van der Waals surface area contributed by atoms with Crippen LogP contribution in [-0.4, -0.2) is 55.1 Å². The Morgan fingerprint density at radius 2 is 1.89 bits per heavy atom. The molecule has 2 N–H and O–H groups in total. The molecule has 0 bridgehead atoms. The topological polar surface area (TPSA) is 73.4 Å². The van der Waals surface area contributed by atoms with Crippen molar-refractivity contribution in [1.82, 2.24) is 20.6 Å². The van der Waals surface area contributed by atoms with Crippen molar-refractivity contribution in [3.8, 4) is 0 Å². The maximum absolute atomic E-state index is 12.3. The van der Waals surface area contributed by atoms with E-state index in [1.807, 2.05) is 30.6 Å². The second kappa shape index (κ2) is 8.35. The molecule has 2 aromatic rings. The van der Waals surface area contributed by atoms with Crippen molar-refractivity contribution in [1.29, 1.82) is 0 Å². The summed E-state index contributed by atoms with van der Waals surface area (Å²) in [6.07, 6.45) is 4.58. The molecule has 1 atom stereocenters. The lowest BCUT2D eigenvalue weighted by Gasteiger charge is -2.36. The second-order valence-corrected chi connectivity index (χ2v) is 7.06. The Morgan fingerprint density at radius 1 is 1.07 bits per heavy atom. The Kier molecular flexibility index (Phi) is 5.48. The molecule has 7 heteroatoms. The molecule has 0 radical (unpaired) electrons. The highest BCUT2D eigenvalue weighted by atomic mass is 16.1. The molecule has 0 aromatic carbocycles. The van der Waals surface area contributed by atoms with Crippen molar-refractivity contribution in [3.05, 3.63) is 48.3 Å². The highest BCUT2D eigenvalue weighted by Crippen LogP contribution is 2.21. The minimum atomic E-state index is 0.0899. The van der Waals surface area contributed by atoms with Crippen LogP contribution in [0.25, 0.3) is 0 Å². The average Bonchev–Trinajstić information content (AvgIpc) is 3.28. The van der Waals surface area contributed by atoms with E-state index in [4.69, 9.17) is 0 Å². The van der Waals surface area contributed by atoms with Gasteiger partial charge in [0.1, 0.15) is 11.6 Å². The van der Waals surface area contributed by atoms with E-state index in [1.54, 1.807) is 0 Å². The minimum Gasteiger partial charge on any atom is -0.353 e. The first kappa shape index (κ1) is 17.7. The summed E-state index contributed by atoms with van der Waals surface area (Å²) in [5.41, 5.74) is 1.07. The van der Waals surface area contributed by atoms with Gasteiger partial charge in [-0.05, 0) is 31.2 Å². The zero-order chi connectivity index (χ0) is 18.5. The SMILES string of the molecule is O=C(NCc1cccnc1N1CCN(c2ccccn2)CC1)[C@@H]1CCNC1. The summed E-state index contributed by atoms with van der Waals surface area (Å²) in [6, 6.07) is 10.0. The van der Waals surface area contributed by atoms with Crippen molar-refractivity contribution in [3.63, 3.8) is 0 Å². The standard InChI is InChI=1S/C20H26N6O/c27-20(17-6-9-21-14-17)24-15-16-4-3-8-23-19(16)26-12-10-25(11-13-26)18-5-1-2-7-22-18/h1-5,7-8,17,21H,6,9-15H2,(H,24,27)/t17-/m1/s1. The zero-order valence-electron chi connectivity index (χ0n) is 15.5. The molecule has 2 saturated heterocycles. The van der Waals surface area contributed by atoms with Crippen molar-refractivity contribution < 1.29 is 4.79 Å². The van der Waals surface area contributed by atoms with Gasteiger partial charge in [-0.1, -0.05) is 12.1 Å². The van der Waals surface area contributed by atoms with Crippen LogP contribution in [0.5, 0.6) is 0 Å². The van der Waals surface area contributed by atoms with Crippen LogP contribution in [0.15, 0.2) is 42.7 Å². The Bertz CT molecular complexity index is 754. The largest absolute Gasteiger partial charge is 0.353 e. The number of pyridine rings is 2. The Hall–Kier alpha value is -2.67. The Morgan fingerprint density at radius 3 is 2.63 bits per heavy atom. The summed E-state index contributed by atoms with van der Waals surface area (Å²) in [5.74, 6) is 2.22. The average molecular weight is 366 g/mol. The van der Waals surface area contributed by atoms with E-state index in [0.717, 1.165) is 62.9 Å². The van der Waals surface area contributed by atoms with Crippen LogP contribution in [-0.2, 0) is 11.3 Å². The molecule has 0 saturated carbocycles. The molecule has 2 aromatic heterocycles. The fraction of sp³-hybridized carbons (Fsp3) is 0.450. The highest BCUT2D eigenvalue weighted by molar-refractivity contribution is 5.79. The molecule has 1 amide bonds. The van der Waals surface area contributed by atoms with Gasteiger partial charge in [0.25, 0.3) is 0 Å². The lowest BCUT2D eigenvalue weighted by molar-refractivity contribution is -0.124. The quantitative estimate of drug-likeness (QED) is 0.823. The van der Waals surface area contributed by atoms with E-state index in [9.17, 15) is 4.79 Å². The summed E-state index contributed by atoms with van der Waals surface area (Å²) in [4.78, 5) is 26.0. The number of carbonyl (C=O) groups is 1. The Balaban J connectivity index is 1.37. The summed E-state index contributed by atoms with van der Waals surface area (Å²) in [5, 5.41) is 6.33. The van der Waals surface area contributed by atoms with E-state index in [0.29, 0.717) is 6.54 Å². The number of aromatic nitrogens is 2. The predicted molar refractivity (Wildman–Crippen MR) is 106 cm³/mol. The molecule has 2 fully saturated rings. The molecular formula is C20H26N6O. The van der Waals surface area contributed by atoms with E-state index in [-0.39, 0.29) is 11.8 Å². The number of amides is 1. The maximum Gasteiger partial charge on any atom is 0.224 e. The number of rotatable bonds is 5. The smallest absolute Gasteiger partial charge is 0.224 e. The lowest BCUT2D eigenvalue weighted by atomic mass is 10.1. The first-order valence-corrected chi connectivity index (χ1v) is 9.64. The van der Waals surface area contributed by atoms with Crippen LogP contribution in [0.4, 0.5) is 11.6 Å². The third-order valence-electron chi connectivity index (χ3n) is 5.30. The van der Waals surface area contributed by atoms with Crippen LogP contribution >= 0.6 is 0 Å². The van der Waals surface area contributed by atoms with E-state index in [2.05, 4.69) is 42.5 Å². The van der Waals surface area contributed by atoms with Gasteiger partial charge in [-0.15, -0.1) is 0 Å². The number of hydrogen-bond donors (Lipinski definition) is 2. The van der Waals surface area contributed by atoms with E-state index in [1.165, 1.54) is 0 Å². The zero-order valence-corrected chi connectivity index (χ0v) is 15.5. The molecule has 0 spiro atoms. The summed E-state index contributed by atoms with van der Waals surface area (Å²) in [7, 11) is 0. The number of nitrogens with zero attached hydrogens (tertiary/aromatic N) is 4. The van der Waals surface area contributed by atoms with E-state index < -0.39 is 0 Å². The molecule has 27 heavy (non-hydrogen) atoms. The van der Waals surface area contributed by atoms with Crippen molar-refractivity contribution in [2.75, 3.05) is 49.1 Å². The van der Waals surface area contributed by atoms with Gasteiger partial charge in [-0.2, -0.15) is 0 Å². The number of piperazine rings is 1. The predicted octanol–water partition coefficient (Wildman–Crippen LogP) is 1.03. The first-order valence-electron chi connectivity index (χ1n) is 9.64. The van der Waals surface area contributed by atoms with Gasteiger partial charge in [0.15, 0.2) is 0 Å². The molecule has 142 valence electrons. The second-order valence-electron chi connectivity index (χ2n) is 7.06. The molecule has 0 aliphatic carbocycles. The van der Waals surface area contributed by atoms with Crippen LogP contribution in [0.2, 0.25) is 0 Å². The molecule has 4 rings (SSSR count). The molecule has 2 aliphatic rings. The molecule has 4 heterocycles. The Labute approximate surface area is 159 Å². The number of carbonyl (C=O) groups excluding carboxylic acids is 1. The van der Waals surface area contributed by atoms with Crippen LogP contribution < -0.4 is 20.4 Å². The molecule has 0 unspecified atom stereocenters. The third kappa shape index (κ3) is 4.19. The number of anilines is 2. The summed E-state index contributed by atoms with van der Waals surface area (Å²) in [6.45, 7) is 5.83. The van der Waals surface area contributed by atoms with Crippen LogP contribution in [0, 0.1) is 5.92 Å². The lowest BCUT2D eigenvalue weighted by Crippen LogP contribution is -2.47. The van der Waals surface area contributed by atoms with Gasteiger partial charge in [-0.25, -0.2) is 9.97 Å². The minimum absolute atomic E-state index is 0.0899. The normalized spacial score (nSPS) is 19.9. The summed E-state index contributed by atoms with van der Waals surface area (Å²) < 4.78 is 0. The fourth-order valence-electron chi connectivity index (χ4n) is 3.75. The molecule has 2 aliphatic heterocycles. The van der Waals surface area contributed by atoms with Gasteiger partial charge >= 0.3 is 0 Å². The van der Waals surface area contributed by atoms with Gasteiger partial charge in [0, 0.05) is 57.2 Å². The van der Waals surface area contributed by atoms with Crippen LogP contribution in [0.1, 0.15) is 12.0 Å². The number of nitrogens with one attached hydrogen (secondary N) is 2.